The van der Waals surface area contributed by atoms with Crippen LogP contribution in [0.3, 0.4) is 0 Å². The number of carbonyl (C=O) groups excluding carboxylic acids is 2. The molecule has 0 atom stereocenters. The van der Waals surface area contributed by atoms with E-state index in [9.17, 15) is 9.59 Å². The lowest BCUT2D eigenvalue weighted by Crippen LogP contribution is -2.40. The Balaban J connectivity index is 1.88. The van der Waals surface area contributed by atoms with Gasteiger partial charge in [-0.15, -0.1) is 0 Å². The Morgan fingerprint density at radius 2 is 1.72 bits per heavy atom. The fraction of sp³-hybridized carbons (Fsp3) is 0.300. The number of rotatable bonds is 5. The summed E-state index contributed by atoms with van der Waals surface area (Å²) in [5.74, 6) is -0.207. The van der Waals surface area contributed by atoms with Crippen LogP contribution in [0.4, 0.5) is 11.4 Å². The lowest BCUT2D eigenvalue weighted by molar-refractivity contribution is -0.116. The van der Waals surface area contributed by atoms with Crippen LogP contribution in [0.25, 0.3) is 0 Å². The number of nitrogen functional groups attached to an aromatic ring is 1. The van der Waals surface area contributed by atoms with Crippen LogP contribution in [0.15, 0.2) is 48.5 Å². The van der Waals surface area contributed by atoms with Crippen molar-refractivity contribution in [3.8, 4) is 0 Å². The summed E-state index contributed by atoms with van der Waals surface area (Å²) < 4.78 is 0. The van der Waals surface area contributed by atoms with Crippen molar-refractivity contribution in [2.75, 3.05) is 11.1 Å². The van der Waals surface area contributed by atoms with Gasteiger partial charge in [0.25, 0.3) is 5.91 Å². The third kappa shape index (κ3) is 6.30. The van der Waals surface area contributed by atoms with Gasteiger partial charge < -0.3 is 16.4 Å². The first-order chi connectivity index (χ1) is 11.7. The molecule has 0 radical (unpaired) electrons. The molecule has 2 rings (SSSR count). The predicted octanol–water partition coefficient (Wildman–Crippen LogP) is 3.37. The summed E-state index contributed by atoms with van der Waals surface area (Å²) in [5.41, 5.74) is 8.41. The van der Waals surface area contributed by atoms with Crippen molar-refractivity contribution >= 4 is 23.2 Å². The first-order valence-corrected chi connectivity index (χ1v) is 8.30. The first-order valence-electron chi connectivity index (χ1n) is 8.30. The quantitative estimate of drug-likeness (QED) is 0.730. The Bertz CT molecular complexity index is 746. The highest BCUT2D eigenvalue weighted by molar-refractivity contribution is 5.96. The Morgan fingerprint density at radius 1 is 1.04 bits per heavy atom. The zero-order valence-corrected chi connectivity index (χ0v) is 14.9. The summed E-state index contributed by atoms with van der Waals surface area (Å²) in [6.45, 7) is 5.79. The molecule has 0 heterocycles. The van der Waals surface area contributed by atoms with Crippen LogP contribution in [0.2, 0.25) is 0 Å². The summed E-state index contributed by atoms with van der Waals surface area (Å²) in [5, 5.41) is 5.74. The smallest absolute Gasteiger partial charge is 0.251 e. The molecular weight excluding hydrogens is 314 g/mol. The fourth-order valence-corrected chi connectivity index (χ4v) is 2.35. The maximum absolute atomic E-state index is 12.1. The Hall–Kier alpha value is -2.82. The van der Waals surface area contributed by atoms with Crippen molar-refractivity contribution in [3.63, 3.8) is 0 Å². The second kappa shape index (κ2) is 7.83. The molecule has 0 aromatic heterocycles. The van der Waals surface area contributed by atoms with Gasteiger partial charge in [0.1, 0.15) is 0 Å². The van der Waals surface area contributed by atoms with Gasteiger partial charge in [-0.25, -0.2) is 0 Å². The summed E-state index contributed by atoms with van der Waals surface area (Å²) in [4.78, 5) is 24.1. The van der Waals surface area contributed by atoms with Crippen molar-refractivity contribution in [1.82, 2.24) is 5.32 Å². The highest BCUT2D eigenvalue weighted by Crippen LogP contribution is 2.13. The van der Waals surface area contributed by atoms with E-state index in [2.05, 4.69) is 10.6 Å². The molecule has 5 heteroatoms. The number of hydrogen-bond donors (Lipinski definition) is 3. The van der Waals surface area contributed by atoms with E-state index < -0.39 is 0 Å². The van der Waals surface area contributed by atoms with Gasteiger partial charge in [-0.05, 0) is 69.2 Å². The molecule has 5 nitrogen and oxygen atoms in total. The standard InChI is InChI=1S/C20H25N3O2/c1-20(2,3)23-19(25)15-8-10-17(11-9-15)22-18(24)12-7-14-5-4-6-16(21)13-14/h4-6,8-11,13H,7,12,21H2,1-3H3,(H,22,24)(H,23,25). The molecule has 0 saturated carbocycles. The van der Waals surface area contributed by atoms with E-state index in [4.69, 9.17) is 5.73 Å². The lowest BCUT2D eigenvalue weighted by Gasteiger charge is -2.20. The summed E-state index contributed by atoms with van der Waals surface area (Å²) in [6.07, 6.45) is 0.999. The Labute approximate surface area is 148 Å². The molecule has 0 bridgehead atoms. The van der Waals surface area contributed by atoms with Gasteiger partial charge in [-0.2, -0.15) is 0 Å². The van der Waals surface area contributed by atoms with Crippen molar-refractivity contribution < 1.29 is 9.59 Å². The Kier molecular flexibility index (Phi) is 5.80. The average molecular weight is 339 g/mol. The highest BCUT2D eigenvalue weighted by atomic mass is 16.2. The van der Waals surface area contributed by atoms with Crippen molar-refractivity contribution in [3.05, 3.63) is 59.7 Å². The van der Waals surface area contributed by atoms with Crippen LogP contribution in [-0.2, 0) is 11.2 Å². The number of nitrogens with two attached hydrogens (primary N) is 1. The SMILES string of the molecule is CC(C)(C)NC(=O)c1ccc(NC(=O)CCc2cccc(N)c2)cc1. The number of carbonyl (C=O) groups is 2. The molecule has 0 saturated heterocycles. The third-order valence-electron chi connectivity index (χ3n) is 3.51. The highest BCUT2D eigenvalue weighted by Gasteiger charge is 2.15. The minimum Gasteiger partial charge on any atom is -0.399 e. The first kappa shape index (κ1) is 18.5. The average Bonchev–Trinajstić information content (AvgIpc) is 2.52. The molecule has 2 aromatic carbocycles. The molecule has 0 aliphatic heterocycles. The number of benzene rings is 2. The number of anilines is 2. The molecular formula is C20H25N3O2. The summed E-state index contributed by atoms with van der Waals surface area (Å²) in [6, 6.07) is 14.4. The summed E-state index contributed by atoms with van der Waals surface area (Å²) in [7, 11) is 0. The zero-order valence-electron chi connectivity index (χ0n) is 14.9. The van der Waals surface area contributed by atoms with E-state index in [1.54, 1.807) is 24.3 Å². The number of aryl methyl sites for hydroxylation is 1. The van der Waals surface area contributed by atoms with E-state index in [1.165, 1.54) is 0 Å². The number of hydrogen-bond acceptors (Lipinski definition) is 3. The summed E-state index contributed by atoms with van der Waals surface area (Å²) >= 11 is 0. The molecule has 0 spiro atoms. The van der Waals surface area contributed by atoms with E-state index in [0.29, 0.717) is 29.8 Å². The van der Waals surface area contributed by atoms with Crippen molar-refractivity contribution in [1.29, 1.82) is 0 Å². The molecule has 0 aliphatic carbocycles. The monoisotopic (exact) mass is 339 g/mol. The fourth-order valence-electron chi connectivity index (χ4n) is 2.35. The largest absolute Gasteiger partial charge is 0.399 e. The number of nitrogens with one attached hydrogen (secondary N) is 2. The Morgan fingerprint density at radius 3 is 2.32 bits per heavy atom. The van der Waals surface area contributed by atoms with Crippen LogP contribution in [0.5, 0.6) is 0 Å². The molecule has 25 heavy (non-hydrogen) atoms. The van der Waals surface area contributed by atoms with Crippen molar-refractivity contribution in [2.45, 2.75) is 39.2 Å². The molecule has 2 aromatic rings. The van der Waals surface area contributed by atoms with Crippen LogP contribution < -0.4 is 16.4 Å². The maximum Gasteiger partial charge on any atom is 0.251 e. The molecule has 0 fully saturated rings. The van der Waals surface area contributed by atoms with E-state index in [0.717, 1.165) is 5.56 Å². The minimum absolute atomic E-state index is 0.0747. The molecule has 4 N–H and O–H groups in total. The van der Waals surface area contributed by atoms with Gasteiger partial charge in [0.05, 0.1) is 0 Å². The third-order valence-corrected chi connectivity index (χ3v) is 3.51. The maximum atomic E-state index is 12.1. The van der Waals surface area contributed by atoms with Crippen LogP contribution in [-0.4, -0.2) is 17.4 Å². The van der Waals surface area contributed by atoms with Crippen LogP contribution in [0, 0.1) is 0 Å². The van der Waals surface area contributed by atoms with E-state index >= 15 is 0 Å². The van der Waals surface area contributed by atoms with Gasteiger partial charge >= 0.3 is 0 Å². The number of amides is 2. The van der Waals surface area contributed by atoms with Gasteiger partial charge in [-0.3, -0.25) is 9.59 Å². The van der Waals surface area contributed by atoms with E-state index in [1.807, 2.05) is 45.0 Å². The van der Waals surface area contributed by atoms with Gasteiger partial charge in [0.2, 0.25) is 5.91 Å². The molecule has 0 aliphatic rings. The molecule has 132 valence electrons. The second-order valence-electron chi connectivity index (χ2n) is 7.07. The minimum atomic E-state index is -0.287. The lowest BCUT2D eigenvalue weighted by atomic mass is 10.1. The van der Waals surface area contributed by atoms with E-state index in [-0.39, 0.29) is 17.4 Å². The molecule has 0 unspecified atom stereocenters. The van der Waals surface area contributed by atoms with Crippen molar-refractivity contribution in [2.24, 2.45) is 0 Å². The molecule has 2 amide bonds. The topological polar surface area (TPSA) is 84.2 Å². The predicted molar refractivity (Wildman–Crippen MR) is 101 cm³/mol. The zero-order chi connectivity index (χ0) is 18.4. The van der Waals surface area contributed by atoms with Crippen LogP contribution >= 0.6 is 0 Å². The second-order valence-corrected chi connectivity index (χ2v) is 7.07. The van der Waals surface area contributed by atoms with Gasteiger partial charge in [0, 0.05) is 28.9 Å². The van der Waals surface area contributed by atoms with Gasteiger partial charge in [-0.1, -0.05) is 12.1 Å². The van der Waals surface area contributed by atoms with Crippen LogP contribution in [0.1, 0.15) is 43.1 Å². The normalized spacial score (nSPS) is 11.0. The van der Waals surface area contributed by atoms with Gasteiger partial charge in [0.15, 0.2) is 0 Å².